The van der Waals surface area contributed by atoms with Gasteiger partial charge in [0.05, 0.1) is 12.4 Å². The lowest BCUT2D eigenvalue weighted by Crippen LogP contribution is -1.99. The molecule has 0 amide bonds. The monoisotopic (exact) mass is 218 g/mol. The van der Waals surface area contributed by atoms with Crippen LogP contribution in [0.4, 0.5) is 5.69 Å². The van der Waals surface area contributed by atoms with Gasteiger partial charge in [-0.25, -0.2) is 4.98 Å². The van der Waals surface area contributed by atoms with Crippen LogP contribution in [0.25, 0.3) is 0 Å². The fourth-order valence-electron chi connectivity index (χ4n) is 1.26. The third kappa shape index (κ3) is 2.31. The Morgan fingerprint density at radius 2 is 2.25 bits per heavy atom. The van der Waals surface area contributed by atoms with Gasteiger partial charge in [-0.1, -0.05) is 0 Å². The summed E-state index contributed by atoms with van der Waals surface area (Å²) in [7, 11) is 0. The summed E-state index contributed by atoms with van der Waals surface area (Å²) in [6.45, 7) is 4.10. The summed E-state index contributed by atoms with van der Waals surface area (Å²) < 4.78 is 7.34. The molecular formula is C11H14N4O. The largest absolute Gasteiger partial charge is 0.436 e. The highest BCUT2D eigenvalue weighted by Crippen LogP contribution is 2.20. The van der Waals surface area contributed by atoms with Crippen LogP contribution >= 0.6 is 0 Å². The molecule has 16 heavy (non-hydrogen) atoms. The lowest BCUT2D eigenvalue weighted by Gasteiger charge is -2.03. The summed E-state index contributed by atoms with van der Waals surface area (Å²) in [5, 5.41) is 4.17. The number of hydrogen-bond donors (Lipinski definition) is 1. The standard InChI is InChI=1S/C11H14N4O/c1-8(2)15-7-10(6-14-15)16-11-5-9(12)3-4-13-11/h3-8H,1-2H3,(H2,12,13). The molecule has 0 atom stereocenters. The van der Waals surface area contributed by atoms with Crippen LogP contribution in [0.5, 0.6) is 11.6 Å². The van der Waals surface area contributed by atoms with E-state index >= 15 is 0 Å². The van der Waals surface area contributed by atoms with Crippen LogP contribution in [0.3, 0.4) is 0 Å². The van der Waals surface area contributed by atoms with Gasteiger partial charge in [-0.2, -0.15) is 5.10 Å². The van der Waals surface area contributed by atoms with E-state index in [0.717, 1.165) is 0 Å². The Hall–Kier alpha value is -2.04. The molecule has 0 unspecified atom stereocenters. The van der Waals surface area contributed by atoms with Gasteiger partial charge in [0.15, 0.2) is 5.75 Å². The van der Waals surface area contributed by atoms with E-state index in [1.807, 2.05) is 10.9 Å². The minimum atomic E-state index is 0.311. The Kier molecular flexibility index (Phi) is 2.76. The van der Waals surface area contributed by atoms with Gasteiger partial charge in [0.25, 0.3) is 0 Å². The molecule has 2 heterocycles. The zero-order valence-electron chi connectivity index (χ0n) is 9.29. The normalized spacial score (nSPS) is 10.7. The molecule has 0 aromatic carbocycles. The summed E-state index contributed by atoms with van der Waals surface area (Å²) in [5.74, 6) is 1.13. The van der Waals surface area contributed by atoms with Crippen LogP contribution in [0.2, 0.25) is 0 Å². The molecule has 2 rings (SSSR count). The first kappa shape index (κ1) is 10.5. The van der Waals surface area contributed by atoms with Gasteiger partial charge in [-0.3, -0.25) is 4.68 Å². The minimum Gasteiger partial charge on any atom is -0.436 e. The zero-order chi connectivity index (χ0) is 11.5. The van der Waals surface area contributed by atoms with E-state index < -0.39 is 0 Å². The predicted molar refractivity (Wildman–Crippen MR) is 61.3 cm³/mol. The zero-order valence-corrected chi connectivity index (χ0v) is 9.29. The Bertz CT molecular complexity index is 478. The molecule has 0 radical (unpaired) electrons. The number of rotatable bonds is 3. The van der Waals surface area contributed by atoms with Crippen molar-refractivity contribution < 1.29 is 4.74 Å². The second kappa shape index (κ2) is 4.22. The van der Waals surface area contributed by atoms with Crippen molar-refractivity contribution in [2.45, 2.75) is 19.9 Å². The topological polar surface area (TPSA) is 66.0 Å². The molecule has 5 nitrogen and oxygen atoms in total. The molecule has 0 spiro atoms. The van der Waals surface area contributed by atoms with Crippen molar-refractivity contribution in [3.63, 3.8) is 0 Å². The lowest BCUT2D eigenvalue weighted by molar-refractivity contribution is 0.459. The van der Waals surface area contributed by atoms with E-state index in [2.05, 4.69) is 23.9 Å². The number of nitrogens with two attached hydrogens (primary N) is 1. The first-order valence-corrected chi connectivity index (χ1v) is 5.08. The average Bonchev–Trinajstić information content (AvgIpc) is 2.66. The number of ether oxygens (including phenoxy) is 1. The van der Waals surface area contributed by atoms with Crippen LogP contribution in [0, 0.1) is 0 Å². The molecule has 2 aromatic heterocycles. The van der Waals surface area contributed by atoms with Crippen LogP contribution in [0.1, 0.15) is 19.9 Å². The molecule has 0 aliphatic heterocycles. The Morgan fingerprint density at radius 3 is 2.88 bits per heavy atom. The fourth-order valence-corrected chi connectivity index (χ4v) is 1.26. The Morgan fingerprint density at radius 1 is 1.44 bits per heavy atom. The Labute approximate surface area is 93.9 Å². The molecule has 5 heteroatoms. The third-order valence-electron chi connectivity index (χ3n) is 2.09. The van der Waals surface area contributed by atoms with Gasteiger partial charge in [0.1, 0.15) is 0 Å². The van der Waals surface area contributed by atoms with Gasteiger partial charge in [-0.15, -0.1) is 0 Å². The molecule has 2 N–H and O–H groups in total. The van der Waals surface area contributed by atoms with Gasteiger partial charge in [-0.05, 0) is 19.9 Å². The van der Waals surface area contributed by atoms with Crippen molar-refractivity contribution in [1.29, 1.82) is 0 Å². The van der Waals surface area contributed by atoms with Crippen molar-refractivity contribution in [3.05, 3.63) is 30.7 Å². The summed E-state index contributed by atoms with van der Waals surface area (Å²) in [6, 6.07) is 3.70. The highest BCUT2D eigenvalue weighted by Gasteiger charge is 2.04. The van der Waals surface area contributed by atoms with Gasteiger partial charge >= 0.3 is 0 Å². The quantitative estimate of drug-likeness (QED) is 0.857. The van der Waals surface area contributed by atoms with Crippen molar-refractivity contribution in [1.82, 2.24) is 14.8 Å². The lowest BCUT2D eigenvalue weighted by atomic mass is 10.4. The molecule has 2 aromatic rings. The fraction of sp³-hybridized carbons (Fsp3) is 0.273. The number of hydrogen-bond acceptors (Lipinski definition) is 4. The van der Waals surface area contributed by atoms with Gasteiger partial charge in [0.2, 0.25) is 5.88 Å². The minimum absolute atomic E-state index is 0.311. The third-order valence-corrected chi connectivity index (χ3v) is 2.09. The number of nitrogens with zero attached hydrogens (tertiary/aromatic N) is 3. The number of anilines is 1. The van der Waals surface area contributed by atoms with Crippen molar-refractivity contribution >= 4 is 5.69 Å². The molecule has 0 aliphatic rings. The van der Waals surface area contributed by atoms with Crippen molar-refractivity contribution in [2.75, 3.05) is 5.73 Å². The molecule has 0 aliphatic carbocycles. The van der Waals surface area contributed by atoms with Crippen LogP contribution in [-0.2, 0) is 0 Å². The Balaban J connectivity index is 2.14. The summed E-state index contributed by atoms with van der Waals surface area (Å²) in [4.78, 5) is 4.05. The average molecular weight is 218 g/mol. The summed E-state index contributed by atoms with van der Waals surface area (Å²) >= 11 is 0. The van der Waals surface area contributed by atoms with Crippen LogP contribution in [-0.4, -0.2) is 14.8 Å². The first-order valence-electron chi connectivity index (χ1n) is 5.08. The maximum atomic E-state index is 5.62. The van der Waals surface area contributed by atoms with Gasteiger partial charge < -0.3 is 10.5 Å². The highest BCUT2D eigenvalue weighted by atomic mass is 16.5. The van der Waals surface area contributed by atoms with E-state index in [4.69, 9.17) is 10.5 Å². The summed E-state index contributed by atoms with van der Waals surface area (Å²) in [5.41, 5.74) is 6.25. The van der Waals surface area contributed by atoms with E-state index in [9.17, 15) is 0 Å². The number of aromatic nitrogens is 3. The number of pyridine rings is 1. The molecule has 0 bridgehead atoms. The smallest absolute Gasteiger partial charge is 0.221 e. The van der Waals surface area contributed by atoms with Crippen molar-refractivity contribution in [3.8, 4) is 11.6 Å². The van der Waals surface area contributed by atoms with Gasteiger partial charge in [0, 0.05) is 24.0 Å². The highest BCUT2D eigenvalue weighted by molar-refractivity contribution is 5.40. The van der Waals surface area contributed by atoms with E-state index in [1.165, 1.54) is 0 Å². The second-order valence-electron chi connectivity index (χ2n) is 3.78. The van der Waals surface area contributed by atoms with Crippen LogP contribution < -0.4 is 10.5 Å². The second-order valence-corrected chi connectivity index (χ2v) is 3.78. The molecule has 0 fully saturated rings. The molecule has 84 valence electrons. The predicted octanol–water partition coefficient (Wildman–Crippen LogP) is 2.23. The first-order chi connectivity index (χ1) is 7.65. The maximum absolute atomic E-state index is 5.62. The maximum Gasteiger partial charge on any atom is 0.221 e. The summed E-state index contributed by atoms with van der Waals surface area (Å²) in [6.07, 6.45) is 5.10. The number of nitrogen functional groups attached to an aromatic ring is 1. The molecule has 0 saturated heterocycles. The van der Waals surface area contributed by atoms with Crippen molar-refractivity contribution in [2.24, 2.45) is 0 Å². The van der Waals surface area contributed by atoms with E-state index in [1.54, 1.807) is 24.5 Å². The van der Waals surface area contributed by atoms with Crippen LogP contribution in [0.15, 0.2) is 30.7 Å². The molecular weight excluding hydrogens is 204 g/mol. The van der Waals surface area contributed by atoms with E-state index in [-0.39, 0.29) is 0 Å². The molecule has 0 saturated carbocycles. The van der Waals surface area contributed by atoms with E-state index in [0.29, 0.717) is 23.4 Å². The SMILES string of the molecule is CC(C)n1cc(Oc2cc(N)ccn2)cn1.